The molecule has 0 spiro atoms. The monoisotopic (exact) mass is 239 g/mol. The molecule has 1 unspecified atom stereocenters. The van der Waals surface area contributed by atoms with E-state index in [2.05, 4.69) is 16.8 Å². The first-order valence-electron chi connectivity index (χ1n) is 4.91. The van der Waals surface area contributed by atoms with Gasteiger partial charge in [0, 0.05) is 18.9 Å². The highest BCUT2D eigenvalue weighted by atomic mass is 35.5. The normalized spacial score (nSPS) is 11.4. The van der Waals surface area contributed by atoms with Gasteiger partial charge in [0.1, 0.15) is 12.4 Å². The third-order valence-electron chi connectivity index (χ3n) is 1.90. The topological polar surface area (TPSA) is 31.4 Å². The number of alkyl halides is 1. The van der Waals surface area contributed by atoms with Crippen LogP contribution in [-0.2, 0) is 4.74 Å². The maximum atomic E-state index is 5.49. The van der Waals surface area contributed by atoms with Crippen LogP contribution >= 0.6 is 11.6 Å². The van der Waals surface area contributed by atoms with Gasteiger partial charge in [-0.2, -0.15) is 0 Å². The molecule has 4 heteroatoms. The largest absolute Gasteiger partial charge is 0.489 e. The molecule has 0 saturated heterocycles. The fourth-order valence-corrected chi connectivity index (χ4v) is 1.05. The van der Waals surface area contributed by atoms with Gasteiger partial charge in [0.25, 0.3) is 0 Å². The van der Waals surface area contributed by atoms with Crippen LogP contribution < -0.4 is 4.74 Å². The van der Waals surface area contributed by atoms with Crippen LogP contribution in [-0.4, -0.2) is 30.7 Å². The van der Waals surface area contributed by atoms with E-state index in [1.807, 2.05) is 13.0 Å². The standard InChI is InChI=1S/C12H14ClNO2/c1-10(15-2)9-16-12-6-11(4-3-5-13)7-14-8-12/h6-8,10H,5,9H2,1-2H3. The van der Waals surface area contributed by atoms with Crippen LogP contribution in [0.2, 0.25) is 0 Å². The number of hydrogen-bond acceptors (Lipinski definition) is 3. The number of methoxy groups -OCH3 is 1. The van der Waals surface area contributed by atoms with Crippen LogP contribution in [0.3, 0.4) is 0 Å². The van der Waals surface area contributed by atoms with E-state index in [4.69, 9.17) is 21.1 Å². The summed E-state index contributed by atoms with van der Waals surface area (Å²) in [6, 6.07) is 1.83. The van der Waals surface area contributed by atoms with Crippen LogP contribution in [0.4, 0.5) is 0 Å². The van der Waals surface area contributed by atoms with E-state index in [1.165, 1.54) is 0 Å². The van der Waals surface area contributed by atoms with Crippen molar-refractivity contribution in [2.45, 2.75) is 13.0 Å². The Balaban J connectivity index is 2.60. The van der Waals surface area contributed by atoms with Crippen LogP contribution in [0.25, 0.3) is 0 Å². The number of hydrogen-bond donors (Lipinski definition) is 0. The molecule has 1 atom stereocenters. The van der Waals surface area contributed by atoms with E-state index in [1.54, 1.807) is 19.5 Å². The number of aromatic nitrogens is 1. The van der Waals surface area contributed by atoms with E-state index < -0.39 is 0 Å². The summed E-state index contributed by atoms with van der Waals surface area (Å²) in [5.41, 5.74) is 0.795. The van der Waals surface area contributed by atoms with Crippen molar-refractivity contribution in [1.82, 2.24) is 4.98 Å². The summed E-state index contributed by atoms with van der Waals surface area (Å²) >= 11 is 5.47. The Morgan fingerprint density at radius 3 is 3.00 bits per heavy atom. The highest BCUT2D eigenvalue weighted by Gasteiger charge is 2.01. The molecular weight excluding hydrogens is 226 g/mol. The molecule has 0 aromatic carbocycles. The molecule has 1 rings (SSSR count). The van der Waals surface area contributed by atoms with Crippen molar-refractivity contribution < 1.29 is 9.47 Å². The number of nitrogens with zero attached hydrogens (tertiary/aromatic N) is 1. The predicted octanol–water partition coefficient (Wildman–Crippen LogP) is 2.09. The number of ether oxygens (including phenoxy) is 2. The molecule has 0 aliphatic heterocycles. The summed E-state index contributed by atoms with van der Waals surface area (Å²) < 4.78 is 10.6. The van der Waals surface area contributed by atoms with E-state index in [9.17, 15) is 0 Å². The third kappa shape index (κ3) is 4.52. The molecule has 1 aromatic heterocycles. The van der Waals surface area contributed by atoms with Crippen LogP contribution in [0.15, 0.2) is 18.5 Å². The summed E-state index contributed by atoms with van der Waals surface area (Å²) in [7, 11) is 1.65. The quantitative estimate of drug-likeness (QED) is 0.596. The average molecular weight is 240 g/mol. The fraction of sp³-hybridized carbons (Fsp3) is 0.417. The van der Waals surface area contributed by atoms with Crippen molar-refractivity contribution in [2.75, 3.05) is 19.6 Å². The van der Waals surface area contributed by atoms with Gasteiger partial charge in [-0.15, -0.1) is 11.6 Å². The van der Waals surface area contributed by atoms with Gasteiger partial charge in [-0.05, 0) is 13.0 Å². The summed E-state index contributed by atoms with van der Waals surface area (Å²) in [5, 5.41) is 0. The van der Waals surface area contributed by atoms with Gasteiger partial charge in [-0.1, -0.05) is 11.8 Å². The molecule has 0 fully saturated rings. The lowest BCUT2D eigenvalue weighted by molar-refractivity contribution is 0.0715. The number of rotatable bonds is 4. The van der Waals surface area contributed by atoms with Crippen LogP contribution in [0.1, 0.15) is 12.5 Å². The van der Waals surface area contributed by atoms with Crippen LogP contribution in [0.5, 0.6) is 5.75 Å². The molecule has 0 bridgehead atoms. The van der Waals surface area contributed by atoms with Crippen molar-refractivity contribution in [2.24, 2.45) is 0 Å². The Morgan fingerprint density at radius 2 is 2.31 bits per heavy atom. The minimum atomic E-state index is 0.0533. The Morgan fingerprint density at radius 1 is 1.50 bits per heavy atom. The lowest BCUT2D eigenvalue weighted by atomic mass is 10.3. The highest BCUT2D eigenvalue weighted by molar-refractivity contribution is 6.19. The van der Waals surface area contributed by atoms with Crippen molar-refractivity contribution in [3.8, 4) is 17.6 Å². The zero-order chi connectivity index (χ0) is 11.8. The summed E-state index contributed by atoms with van der Waals surface area (Å²) in [5.74, 6) is 6.64. The Kier molecular flexibility index (Phi) is 5.69. The number of pyridine rings is 1. The second-order valence-corrected chi connectivity index (χ2v) is 3.47. The average Bonchev–Trinajstić information content (AvgIpc) is 2.34. The molecule has 16 heavy (non-hydrogen) atoms. The zero-order valence-corrected chi connectivity index (χ0v) is 10.1. The van der Waals surface area contributed by atoms with Gasteiger partial charge >= 0.3 is 0 Å². The first-order valence-corrected chi connectivity index (χ1v) is 5.45. The van der Waals surface area contributed by atoms with Gasteiger partial charge < -0.3 is 9.47 Å². The highest BCUT2D eigenvalue weighted by Crippen LogP contribution is 2.10. The van der Waals surface area contributed by atoms with Gasteiger partial charge in [0.15, 0.2) is 0 Å². The smallest absolute Gasteiger partial charge is 0.138 e. The van der Waals surface area contributed by atoms with Gasteiger partial charge in [0.05, 0.1) is 18.2 Å². The molecule has 0 radical (unpaired) electrons. The fourth-order valence-electron chi connectivity index (χ4n) is 0.983. The van der Waals surface area contributed by atoms with E-state index in [0.717, 1.165) is 5.56 Å². The summed E-state index contributed by atoms with van der Waals surface area (Å²) in [4.78, 5) is 4.03. The molecule has 0 saturated carbocycles. The summed E-state index contributed by atoms with van der Waals surface area (Å²) in [6.45, 7) is 2.43. The number of halogens is 1. The van der Waals surface area contributed by atoms with Crippen molar-refractivity contribution in [3.63, 3.8) is 0 Å². The minimum absolute atomic E-state index is 0.0533. The molecule has 0 N–H and O–H groups in total. The molecule has 1 heterocycles. The van der Waals surface area contributed by atoms with Gasteiger partial charge in [-0.3, -0.25) is 4.98 Å². The Bertz CT molecular complexity index is 384. The lowest BCUT2D eigenvalue weighted by Crippen LogP contribution is -2.15. The third-order valence-corrected chi connectivity index (χ3v) is 2.03. The maximum absolute atomic E-state index is 5.49. The van der Waals surface area contributed by atoms with E-state index in [-0.39, 0.29) is 6.10 Å². The Labute approximate surface area is 101 Å². The van der Waals surface area contributed by atoms with Crippen molar-refractivity contribution in [1.29, 1.82) is 0 Å². The summed E-state index contributed by atoms with van der Waals surface area (Å²) in [6.07, 6.45) is 3.37. The lowest BCUT2D eigenvalue weighted by Gasteiger charge is -2.10. The molecule has 1 aromatic rings. The molecule has 0 aliphatic rings. The zero-order valence-electron chi connectivity index (χ0n) is 9.37. The van der Waals surface area contributed by atoms with Crippen molar-refractivity contribution >= 4 is 11.6 Å². The molecule has 0 aliphatic carbocycles. The second-order valence-electron chi connectivity index (χ2n) is 3.20. The predicted molar refractivity (Wildman–Crippen MR) is 63.8 cm³/mol. The molecule has 0 amide bonds. The minimum Gasteiger partial charge on any atom is -0.489 e. The SMILES string of the molecule is COC(C)COc1cncc(C#CCCl)c1. The van der Waals surface area contributed by atoms with Gasteiger partial charge in [-0.25, -0.2) is 0 Å². The molecule has 86 valence electrons. The van der Waals surface area contributed by atoms with Crippen LogP contribution in [0, 0.1) is 11.8 Å². The molecular formula is C12H14ClNO2. The first kappa shape index (κ1) is 12.8. The van der Waals surface area contributed by atoms with Gasteiger partial charge in [0.2, 0.25) is 0 Å². The second kappa shape index (κ2) is 7.10. The maximum Gasteiger partial charge on any atom is 0.138 e. The Hall–Kier alpha value is -1.24. The first-order chi connectivity index (χ1) is 7.76. The molecule has 3 nitrogen and oxygen atoms in total. The van der Waals surface area contributed by atoms with E-state index in [0.29, 0.717) is 18.2 Å². The van der Waals surface area contributed by atoms with Crippen molar-refractivity contribution in [3.05, 3.63) is 24.0 Å². The van der Waals surface area contributed by atoms with E-state index >= 15 is 0 Å².